The topological polar surface area (TPSA) is 63.9 Å². The highest BCUT2D eigenvalue weighted by atomic mass is 16.5. The summed E-state index contributed by atoms with van der Waals surface area (Å²) in [6.45, 7) is 3.96. The molecule has 6 nitrogen and oxygen atoms in total. The molecule has 32 heavy (non-hydrogen) atoms. The minimum atomic E-state index is -0.161. The van der Waals surface area contributed by atoms with Crippen molar-refractivity contribution in [3.05, 3.63) is 89.9 Å². The van der Waals surface area contributed by atoms with Crippen molar-refractivity contribution in [2.75, 3.05) is 20.7 Å². The highest BCUT2D eigenvalue weighted by Crippen LogP contribution is 2.17. The molecule has 3 rings (SSSR count). The Balaban J connectivity index is 1.43. The molecule has 1 unspecified atom stereocenters. The van der Waals surface area contributed by atoms with Gasteiger partial charge in [0.05, 0.1) is 26.2 Å². The average molecular weight is 435 g/mol. The molecule has 0 fully saturated rings. The molecule has 0 aliphatic heterocycles. The van der Waals surface area contributed by atoms with Crippen molar-refractivity contribution in [2.45, 2.75) is 26.1 Å². The normalized spacial score (nSPS) is 12.1. The number of carbonyl (C=O) groups excluding carboxylic acids is 1. The van der Waals surface area contributed by atoms with Gasteiger partial charge in [0.2, 0.25) is 5.91 Å². The molecule has 1 heterocycles. The molecule has 2 aromatic carbocycles. The van der Waals surface area contributed by atoms with Gasteiger partial charge in [0.1, 0.15) is 17.6 Å². The quantitative estimate of drug-likeness (QED) is 0.450. The van der Waals surface area contributed by atoms with Crippen LogP contribution in [0.15, 0.2) is 77.6 Å². The Morgan fingerprint density at radius 2 is 1.88 bits per heavy atom. The van der Waals surface area contributed by atoms with Gasteiger partial charge in [0, 0.05) is 24.7 Å². The van der Waals surface area contributed by atoms with E-state index in [1.807, 2.05) is 55.5 Å². The van der Waals surface area contributed by atoms with Gasteiger partial charge < -0.3 is 19.2 Å². The Morgan fingerprint density at radius 3 is 2.59 bits per heavy atom. The highest BCUT2D eigenvalue weighted by Gasteiger charge is 2.08. The lowest BCUT2D eigenvalue weighted by Gasteiger charge is -2.18. The number of hydrogen-bond acceptors (Lipinski definition) is 5. The SMILES string of the molecule is COc1ccc(/C=C/C(=O)NCC(C)Oc2cccc(CN(C)Cc3ccoc3)c2)cc1. The summed E-state index contributed by atoms with van der Waals surface area (Å²) in [6.07, 6.45) is 6.58. The van der Waals surface area contributed by atoms with Gasteiger partial charge in [-0.05, 0) is 61.5 Å². The molecular weight excluding hydrogens is 404 g/mol. The Kier molecular flexibility index (Phi) is 8.52. The standard InChI is InChI=1S/C26H30N2O4/c1-20(16-27-26(29)12-9-21-7-10-24(30-3)11-8-21)32-25-6-4-5-22(15-25)17-28(2)18-23-13-14-31-19-23/h4-15,19-20H,16-18H2,1-3H3,(H,27,29)/b12-9+. The van der Waals surface area contributed by atoms with Crippen LogP contribution in [0.3, 0.4) is 0 Å². The second-order valence-corrected chi connectivity index (χ2v) is 7.73. The van der Waals surface area contributed by atoms with E-state index in [0.717, 1.165) is 41.3 Å². The molecule has 0 radical (unpaired) electrons. The first-order chi connectivity index (χ1) is 15.5. The second kappa shape index (κ2) is 11.8. The number of carbonyl (C=O) groups is 1. The minimum Gasteiger partial charge on any atom is -0.497 e. The van der Waals surface area contributed by atoms with Crippen LogP contribution in [0.1, 0.15) is 23.6 Å². The zero-order chi connectivity index (χ0) is 22.8. The summed E-state index contributed by atoms with van der Waals surface area (Å²) in [4.78, 5) is 14.3. The Bertz CT molecular complexity index is 997. The lowest BCUT2D eigenvalue weighted by atomic mass is 10.2. The molecular formula is C26H30N2O4. The summed E-state index contributed by atoms with van der Waals surface area (Å²) >= 11 is 0. The van der Waals surface area contributed by atoms with Gasteiger partial charge in [-0.3, -0.25) is 9.69 Å². The van der Waals surface area contributed by atoms with Crippen LogP contribution in [0.5, 0.6) is 11.5 Å². The fraction of sp³-hybridized carbons (Fsp3) is 0.269. The number of amides is 1. The molecule has 0 spiro atoms. The van der Waals surface area contributed by atoms with Crippen molar-refractivity contribution in [2.24, 2.45) is 0 Å². The third kappa shape index (κ3) is 7.63. The largest absolute Gasteiger partial charge is 0.497 e. The monoisotopic (exact) mass is 434 g/mol. The number of hydrogen-bond donors (Lipinski definition) is 1. The van der Waals surface area contributed by atoms with E-state index < -0.39 is 0 Å². The molecule has 0 saturated heterocycles. The number of ether oxygens (including phenoxy) is 2. The van der Waals surface area contributed by atoms with Gasteiger partial charge in [-0.2, -0.15) is 0 Å². The first kappa shape index (κ1) is 23.2. The fourth-order valence-corrected chi connectivity index (χ4v) is 3.24. The van der Waals surface area contributed by atoms with Gasteiger partial charge in [-0.1, -0.05) is 24.3 Å². The molecule has 0 aliphatic rings. The zero-order valence-electron chi connectivity index (χ0n) is 18.8. The predicted octanol–water partition coefficient (Wildman–Crippen LogP) is 4.52. The van der Waals surface area contributed by atoms with Crippen molar-refractivity contribution in [1.82, 2.24) is 10.2 Å². The van der Waals surface area contributed by atoms with Crippen LogP contribution in [0.2, 0.25) is 0 Å². The molecule has 1 N–H and O–H groups in total. The number of methoxy groups -OCH3 is 1. The van der Waals surface area contributed by atoms with E-state index in [2.05, 4.69) is 23.3 Å². The summed E-state index contributed by atoms with van der Waals surface area (Å²) in [5, 5.41) is 2.87. The van der Waals surface area contributed by atoms with Crippen molar-refractivity contribution in [1.29, 1.82) is 0 Å². The molecule has 6 heteroatoms. The summed E-state index contributed by atoms with van der Waals surface area (Å²) in [5.41, 5.74) is 3.23. The summed E-state index contributed by atoms with van der Waals surface area (Å²) < 4.78 is 16.3. The van der Waals surface area contributed by atoms with Crippen molar-refractivity contribution < 1.29 is 18.7 Å². The van der Waals surface area contributed by atoms with E-state index in [1.54, 1.807) is 25.7 Å². The maximum absolute atomic E-state index is 12.1. The fourth-order valence-electron chi connectivity index (χ4n) is 3.24. The summed E-state index contributed by atoms with van der Waals surface area (Å²) in [7, 11) is 3.69. The van der Waals surface area contributed by atoms with Gasteiger partial charge in [-0.15, -0.1) is 0 Å². The number of nitrogens with one attached hydrogen (secondary N) is 1. The molecule has 3 aromatic rings. The maximum atomic E-state index is 12.1. The lowest BCUT2D eigenvalue weighted by molar-refractivity contribution is -0.116. The minimum absolute atomic E-state index is 0.160. The molecule has 1 atom stereocenters. The van der Waals surface area contributed by atoms with Gasteiger partial charge in [-0.25, -0.2) is 0 Å². The summed E-state index contributed by atoms with van der Waals surface area (Å²) in [6, 6.07) is 17.5. The number of benzene rings is 2. The molecule has 0 aliphatic carbocycles. The number of rotatable bonds is 11. The van der Waals surface area contributed by atoms with E-state index in [-0.39, 0.29) is 12.0 Å². The Labute approximate surface area is 189 Å². The van der Waals surface area contributed by atoms with E-state index >= 15 is 0 Å². The first-order valence-electron chi connectivity index (χ1n) is 10.6. The average Bonchev–Trinajstić information content (AvgIpc) is 3.29. The van der Waals surface area contributed by atoms with Gasteiger partial charge >= 0.3 is 0 Å². The van der Waals surface area contributed by atoms with Crippen molar-refractivity contribution in [3.63, 3.8) is 0 Å². The van der Waals surface area contributed by atoms with Gasteiger partial charge in [0.15, 0.2) is 0 Å². The van der Waals surface area contributed by atoms with Crippen LogP contribution < -0.4 is 14.8 Å². The van der Waals surface area contributed by atoms with E-state index in [0.29, 0.717) is 6.54 Å². The predicted molar refractivity (Wildman–Crippen MR) is 125 cm³/mol. The van der Waals surface area contributed by atoms with Crippen LogP contribution in [0.25, 0.3) is 6.08 Å². The first-order valence-corrected chi connectivity index (χ1v) is 10.6. The lowest BCUT2D eigenvalue weighted by Crippen LogP contribution is -2.32. The number of nitrogens with zero attached hydrogens (tertiary/aromatic N) is 1. The Morgan fingerprint density at radius 1 is 1.09 bits per heavy atom. The molecule has 1 amide bonds. The molecule has 0 bridgehead atoms. The summed E-state index contributed by atoms with van der Waals surface area (Å²) in [5.74, 6) is 1.41. The highest BCUT2D eigenvalue weighted by molar-refractivity contribution is 5.91. The van der Waals surface area contributed by atoms with Crippen LogP contribution in [0, 0.1) is 0 Å². The van der Waals surface area contributed by atoms with Crippen LogP contribution in [-0.4, -0.2) is 37.6 Å². The van der Waals surface area contributed by atoms with E-state index in [4.69, 9.17) is 13.9 Å². The van der Waals surface area contributed by atoms with Gasteiger partial charge in [0.25, 0.3) is 0 Å². The third-order valence-corrected chi connectivity index (χ3v) is 4.83. The Hall–Kier alpha value is -3.51. The number of furan rings is 1. The molecule has 1 aromatic heterocycles. The van der Waals surface area contributed by atoms with Crippen molar-refractivity contribution in [3.8, 4) is 11.5 Å². The van der Waals surface area contributed by atoms with E-state index in [9.17, 15) is 4.79 Å². The van der Waals surface area contributed by atoms with Crippen LogP contribution in [-0.2, 0) is 17.9 Å². The third-order valence-electron chi connectivity index (χ3n) is 4.83. The second-order valence-electron chi connectivity index (χ2n) is 7.73. The van der Waals surface area contributed by atoms with Crippen LogP contribution >= 0.6 is 0 Å². The van der Waals surface area contributed by atoms with Crippen LogP contribution in [0.4, 0.5) is 0 Å². The zero-order valence-corrected chi connectivity index (χ0v) is 18.8. The molecule has 0 saturated carbocycles. The smallest absolute Gasteiger partial charge is 0.244 e. The van der Waals surface area contributed by atoms with E-state index in [1.165, 1.54) is 6.08 Å². The molecule has 168 valence electrons. The maximum Gasteiger partial charge on any atom is 0.244 e. The van der Waals surface area contributed by atoms with Crippen molar-refractivity contribution >= 4 is 12.0 Å².